The van der Waals surface area contributed by atoms with Gasteiger partial charge in [-0.2, -0.15) is 0 Å². The van der Waals surface area contributed by atoms with Crippen LogP contribution in [0.1, 0.15) is 18.7 Å². The van der Waals surface area contributed by atoms with Crippen molar-refractivity contribution in [1.29, 1.82) is 0 Å². The SMILES string of the molecule is CC(C)NCCc1cc2c(O)c(O)ccc2s1. The molecular weight excluding hydrogens is 234 g/mol. The minimum atomic E-state index is -0.0536. The summed E-state index contributed by atoms with van der Waals surface area (Å²) in [7, 11) is 0. The van der Waals surface area contributed by atoms with Gasteiger partial charge in [0.25, 0.3) is 0 Å². The summed E-state index contributed by atoms with van der Waals surface area (Å²) in [5, 5.41) is 23.2. The van der Waals surface area contributed by atoms with Crippen molar-refractivity contribution >= 4 is 21.4 Å². The number of benzene rings is 1. The molecule has 0 bridgehead atoms. The van der Waals surface area contributed by atoms with Gasteiger partial charge in [-0.05, 0) is 24.6 Å². The average molecular weight is 251 g/mol. The van der Waals surface area contributed by atoms with E-state index in [0.29, 0.717) is 6.04 Å². The molecular formula is C13H17NO2S. The number of phenols is 2. The molecule has 0 aliphatic rings. The van der Waals surface area contributed by atoms with Crippen molar-refractivity contribution in [3.05, 3.63) is 23.1 Å². The minimum absolute atomic E-state index is 0.0122. The third kappa shape index (κ3) is 2.70. The first-order valence-electron chi connectivity index (χ1n) is 5.74. The van der Waals surface area contributed by atoms with Crippen molar-refractivity contribution in [3.63, 3.8) is 0 Å². The van der Waals surface area contributed by atoms with E-state index in [2.05, 4.69) is 19.2 Å². The van der Waals surface area contributed by atoms with E-state index < -0.39 is 0 Å². The van der Waals surface area contributed by atoms with Crippen molar-refractivity contribution in [2.24, 2.45) is 0 Å². The van der Waals surface area contributed by atoms with E-state index in [1.165, 1.54) is 10.9 Å². The molecule has 0 aliphatic heterocycles. The van der Waals surface area contributed by atoms with Crippen LogP contribution in [0.5, 0.6) is 11.5 Å². The van der Waals surface area contributed by atoms with Crippen LogP contribution >= 0.6 is 11.3 Å². The van der Waals surface area contributed by atoms with Crippen molar-refractivity contribution in [2.75, 3.05) is 6.54 Å². The normalized spacial score (nSPS) is 11.5. The van der Waals surface area contributed by atoms with Crippen LogP contribution in [0.2, 0.25) is 0 Å². The van der Waals surface area contributed by atoms with Gasteiger partial charge >= 0.3 is 0 Å². The largest absolute Gasteiger partial charge is 0.504 e. The van der Waals surface area contributed by atoms with Gasteiger partial charge in [-0.15, -0.1) is 11.3 Å². The summed E-state index contributed by atoms with van der Waals surface area (Å²) in [5.41, 5.74) is 0. The van der Waals surface area contributed by atoms with Crippen LogP contribution in [0.25, 0.3) is 10.1 Å². The lowest BCUT2D eigenvalue weighted by atomic mass is 10.2. The Kier molecular flexibility index (Phi) is 3.54. The minimum Gasteiger partial charge on any atom is -0.504 e. The molecule has 0 unspecified atom stereocenters. The van der Waals surface area contributed by atoms with E-state index in [0.717, 1.165) is 23.1 Å². The van der Waals surface area contributed by atoms with Gasteiger partial charge in [0.05, 0.1) is 0 Å². The van der Waals surface area contributed by atoms with Crippen LogP contribution in [0.4, 0.5) is 0 Å². The van der Waals surface area contributed by atoms with E-state index in [1.807, 2.05) is 12.1 Å². The predicted molar refractivity (Wildman–Crippen MR) is 72.0 cm³/mol. The Balaban J connectivity index is 2.17. The van der Waals surface area contributed by atoms with Crippen LogP contribution in [0.3, 0.4) is 0 Å². The second-order valence-electron chi connectivity index (χ2n) is 4.42. The summed E-state index contributed by atoms with van der Waals surface area (Å²) < 4.78 is 1.01. The average Bonchev–Trinajstić information content (AvgIpc) is 2.67. The maximum atomic E-state index is 9.73. The lowest BCUT2D eigenvalue weighted by molar-refractivity contribution is 0.408. The second-order valence-corrected chi connectivity index (χ2v) is 5.58. The number of thiophene rings is 1. The monoisotopic (exact) mass is 251 g/mol. The fourth-order valence-electron chi connectivity index (χ4n) is 1.75. The Labute approximate surface area is 105 Å². The molecule has 92 valence electrons. The number of hydrogen-bond donors (Lipinski definition) is 3. The molecule has 2 rings (SSSR count). The highest BCUT2D eigenvalue weighted by atomic mass is 32.1. The smallest absolute Gasteiger partial charge is 0.166 e. The van der Waals surface area contributed by atoms with Crippen LogP contribution in [-0.4, -0.2) is 22.8 Å². The van der Waals surface area contributed by atoms with Crippen molar-refractivity contribution in [2.45, 2.75) is 26.3 Å². The van der Waals surface area contributed by atoms with Gasteiger partial charge in [0, 0.05) is 27.5 Å². The fourth-order valence-corrected chi connectivity index (χ4v) is 2.81. The van der Waals surface area contributed by atoms with Crippen LogP contribution in [0.15, 0.2) is 18.2 Å². The molecule has 3 N–H and O–H groups in total. The Hall–Kier alpha value is -1.26. The summed E-state index contributed by atoms with van der Waals surface area (Å²) in [5.74, 6) is -0.0658. The zero-order chi connectivity index (χ0) is 12.4. The van der Waals surface area contributed by atoms with Crippen molar-refractivity contribution < 1.29 is 10.2 Å². The summed E-state index contributed by atoms with van der Waals surface area (Å²) in [6.45, 7) is 5.17. The standard InChI is InChI=1S/C13H17NO2S/c1-8(2)14-6-5-9-7-10-12(17-9)4-3-11(15)13(10)16/h3-4,7-8,14-16H,5-6H2,1-2H3. The molecule has 0 saturated heterocycles. The van der Waals surface area contributed by atoms with Crippen LogP contribution < -0.4 is 5.32 Å². The molecule has 3 nitrogen and oxygen atoms in total. The maximum Gasteiger partial charge on any atom is 0.166 e. The molecule has 1 aromatic carbocycles. The van der Waals surface area contributed by atoms with E-state index in [-0.39, 0.29) is 11.5 Å². The van der Waals surface area contributed by atoms with Crippen LogP contribution in [0, 0.1) is 0 Å². The van der Waals surface area contributed by atoms with Gasteiger partial charge < -0.3 is 15.5 Å². The summed E-state index contributed by atoms with van der Waals surface area (Å²) in [6.07, 6.45) is 0.942. The quantitative estimate of drug-likeness (QED) is 0.732. The Morgan fingerprint density at radius 2 is 2.06 bits per heavy atom. The van der Waals surface area contributed by atoms with Gasteiger partial charge in [0.2, 0.25) is 0 Å². The Morgan fingerprint density at radius 1 is 1.29 bits per heavy atom. The molecule has 1 aromatic heterocycles. The van der Waals surface area contributed by atoms with Gasteiger partial charge in [0.1, 0.15) is 0 Å². The van der Waals surface area contributed by atoms with Crippen molar-refractivity contribution in [3.8, 4) is 11.5 Å². The molecule has 0 spiro atoms. The fraction of sp³-hybridized carbons (Fsp3) is 0.385. The molecule has 1 heterocycles. The van der Waals surface area contributed by atoms with Crippen molar-refractivity contribution in [1.82, 2.24) is 5.32 Å². The Bertz CT molecular complexity index is 519. The number of rotatable bonds is 4. The second kappa shape index (κ2) is 4.94. The van der Waals surface area contributed by atoms with E-state index in [9.17, 15) is 10.2 Å². The first kappa shape index (κ1) is 12.2. The summed E-state index contributed by atoms with van der Waals surface area (Å²) >= 11 is 1.66. The number of hydrogen-bond acceptors (Lipinski definition) is 4. The van der Waals surface area contributed by atoms with E-state index in [4.69, 9.17) is 0 Å². The third-order valence-corrected chi connectivity index (χ3v) is 3.79. The first-order chi connectivity index (χ1) is 8.08. The van der Waals surface area contributed by atoms with E-state index >= 15 is 0 Å². The maximum absolute atomic E-state index is 9.73. The third-order valence-electron chi connectivity index (χ3n) is 2.63. The van der Waals surface area contributed by atoms with Gasteiger partial charge in [-0.25, -0.2) is 0 Å². The lowest BCUT2D eigenvalue weighted by Gasteiger charge is -2.05. The molecule has 0 radical (unpaired) electrons. The van der Waals surface area contributed by atoms with E-state index in [1.54, 1.807) is 11.3 Å². The highest BCUT2D eigenvalue weighted by Crippen LogP contribution is 2.38. The first-order valence-corrected chi connectivity index (χ1v) is 6.56. The number of aromatic hydroxyl groups is 2. The molecule has 0 aliphatic carbocycles. The summed E-state index contributed by atoms with van der Waals surface area (Å²) in [6, 6.07) is 5.82. The lowest BCUT2D eigenvalue weighted by Crippen LogP contribution is -2.24. The zero-order valence-corrected chi connectivity index (χ0v) is 10.8. The molecule has 2 aromatic rings. The van der Waals surface area contributed by atoms with Gasteiger partial charge in [0.15, 0.2) is 11.5 Å². The molecule has 0 fully saturated rings. The predicted octanol–water partition coefficient (Wildman–Crippen LogP) is 2.85. The molecule has 0 amide bonds. The number of nitrogens with one attached hydrogen (secondary N) is 1. The van der Waals surface area contributed by atoms with Gasteiger partial charge in [-0.3, -0.25) is 0 Å². The topological polar surface area (TPSA) is 52.5 Å². The zero-order valence-electron chi connectivity index (χ0n) is 10.0. The molecule has 17 heavy (non-hydrogen) atoms. The van der Waals surface area contributed by atoms with Gasteiger partial charge in [-0.1, -0.05) is 13.8 Å². The highest BCUT2D eigenvalue weighted by molar-refractivity contribution is 7.19. The highest BCUT2D eigenvalue weighted by Gasteiger charge is 2.09. The number of phenolic OH excluding ortho intramolecular Hbond substituents is 2. The molecule has 0 saturated carbocycles. The van der Waals surface area contributed by atoms with Crippen LogP contribution in [-0.2, 0) is 6.42 Å². The molecule has 0 atom stereocenters. The summed E-state index contributed by atoms with van der Waals surface area (Å²) in [4.78, 5) is 1.22. The Morgan fingerprint density at radius 3 is 2.76 bits per heavy atom. The molecule has 4 heteroatoms. The number of fused-ring (bicyclic) bond motifs is 1.